The number of rotatable bonds is 23. The summed E-state index contributed by atoms with van der Waals surface area (Å²) < 4.78 is 22.7. The van der Waals surface area contributed by atoms with E-state index in [0.29, 0.717) is 35.8 Å². The molecule has 0 bridgehead atoms. The molecule has 0 aromatic heterocycles. The monoisotopic (exact) mass is 916 g/mol. The predicted molar refractivity (Wildman–Crippen MR) is 279 cm³/mol. The van der Waals surface area contributed by atoms with Crippen LogP contribution in [-0.2, 0) is 16.0 Å². The topological polar surface area (TPSA) is 88.1 Å². The molecule has 7 nitrogen and oxygen atoms in total. The molecule has 69 heavy (non-hydrogen) atoms. The van der Waals surface area contributed by atoms with Gasteiger partial charge in [-0.3, -0.25) is 0 Å². The molecule has 0 saturated carbocycles. The zero-order valence-electron chi connectivity index (χ0n) is 39.6. The van der Waals surface area contributed by atoms with Crippen LogP contribution in [0.2, 0.25) is 0 Å². The molecule has 0 aliphatic carbocycles. The lowest BCUT2D eigenvalue weighted by Crippen LogP contribution is -2.08. The summed E-state index contributed by atoms with van der Waals surface area (Å²) in [5.41, 5.74) is 6.42. The van der Waals surface area contributed by atoms with Crippen molar-refractivity contribution in [2.24, 2.45) is 0 Å². The number of unbranched alkanes of at least 4 members (excludes halogenated alkanes) is 9. The van der Waals surface area contributed by atoms with Gasteiger partial charge in [-0.2, -0.15) is 0 Å². The number of hydrogen-bond donors (Lipinski definition) is 0. The van der Waals surface area contributed by atoms with Gasteiger partial charge in [0.1, 0.15) is 17.2 Å². The molecule has 0 unspecified atom stereocenters. The highest BCUT2D eigenvalue weighted by Gasteiger charge is 2.18. The first-order valence-corrected chi connectivity index (χ1v) is 24.5. The van der Waals surface area contributed by atoms with Gasteiger partial charge >= 0.3 is 17.9 Å². The number of carbonyl (C=O) groups is 3. The predicted octanol–water partition coefficient (Wildman–Crippen LogP) is 15.9. The number of hydrogen-bond acceptors (Lipinski definition) is 7. The Morgan fingerprint density at radius 2 is 0.928 bits per heavy atom. The first-order valence-electron chi connectivity index (χ1n) is 24.5. The van der Waals surface area contributed by atoms with E-state index in [1.54, 1.807) is 12.1 Å². The second kappa shape index (κ2) is 24.0. The number of benzene rings is 8. The fraction of sp³-hybridized carbons (Fsp3) is 0.242. The average molecular weight is 917 g/mol. The fourth-order valence-corrected chi connectivity index (χ4v) is 8.99. The van der Waals surface area contributed by atoms with E-state index in [-0.39, 0.29) is 5.97 Å². The van der Waals surface area contributed by atoms with E-state index in [1.165, 1.54) is 30.9 Å². The molecule has 7 heteroatoms. The second-order valence-corrected chi connectivity index (χ2v) is 17.6. The third kappa shape index (κ3) is 12.5. The van der Waals surface area contributed by atoms with Crippen LogP contribution in [0.3, 0.4) is 0 Å². The van der Waals surface area contributed by atoms with E-state index in [4.69, 9.17) is 18.9 Å². The van der Waals surface area contributed by atoms with Crippen LogP contribution in [0.15, 0.2) is 170 Å². The average Bonchev–Trinajstić information content (AvgIpc) is 3.38. The summed E-state index contributed by atoms with van der Waals surface area (Å²) in [7, 11) is 0. The van der Waals surface area contributed by atoms with Crippen molar-refractivity contribution in [3.63, 3.8) is 0 Å². The Morgan fingerprint density at radius 3 is 1.49 bits per heavy atom. The van der Waals surface area contributed by atoms with Crippen molar-refractivity contribution in [1.82, 2.24) is 0 Å². The lowest BCUT2D eigenvalue weighted by Gasteiger charge is -2.18. The summed E-state index contributed by atoms with van der Waals surface area (Å²) in [5.74, 6) is 0.493. The van der Waals surface area contributed by atoms with Crippen LogP contribution in [0.4, 0.5) is 0 Å². The van der Waals surface area contributed by atoms with Crippen LogP contribution >= 0.6 is 0 Å². The van der Waals surface area contributed by atoms with Crippen LogP contribution < -0.4 is 14.2 Å². The summed E-state index contributed by atoms with van der Waals surface area (Å²) in [6.45, 7) is 6.75. The van der Waals surface area contributed by atoms with Gasteiger partial charge in [-0.15, -0.1) is 0 Å². The SMILES string of the molecule is C=CC(=O)OCCCCCCCCc1ccc2cc(C(=O)Oc3ccc(-c4c5ccccc5c(-c5ccc(OC(=O)c6ccc(OCCCCCCC)cc6)cc5)c5ccccc45)cc3)ccc2c1. The van der Waals surface area contributed by atoms with Gasteiger partial charge in [0.05, 0.1) is 24.3 Å². The molecule has 0 radical (unpaired) electrons. The molecule has 8 aromatic carbocycles. The van der Waals surface area contributed by atoms with Crippen molar-refractivity contribution in [3.8, 4) is 39.5 Å². The first-order chi connectivity index (χ1) is 33.9. The molecule has 0 heterocycles. The molecule has 0 aliphatic rings. The molecule has 350 valence electrons. The maximum atomic E-state index is 13.5. The van der Waals surface area contributed by atoms with Gasteiger partial charge in [0, 0.05) is 6.08 Å². The third-order valence-electron chi connectivity index (χ3n) is 12.7. The van der Waals surface area contributed by atoms with E-state index in [9.17, 15) is 14.4 Å². The molecule has 0 N–H and O–H groups in total. The van der Waals surface area contributed by atoms with Gasteiger partial charge in [0.15, 0.2) is 0 Å². The van der Waals surface area contributed by atoms with Gasteiger partial charge in [0.2, 0.25) is 0 Å². The van der Waals surface area contributed by atoms with E-state index in [2.05, 4.69) is 80.2 Å². The third-order valence-corrected chi connectivity index (χ3v) is 12.7. The maximum absolute atomic E-state index is 13.5. The van der Waals surface area contributed by atoms with Crippen molar-refractivity contribution < 1.29 is 33.3 Å². The highest BCUT2D eigenvalue weighted by molar-refractivity contribution is 6.21. The Kier molecular flexibility index (Phi) is 16.7. The lowest BCUT2D eigenvalue weighted by atomic mass is 9.86. The summed E-state index contributed by atoms with van der Waals surface area (Å²) in [4.78, 5) is 37.7. The van der Waals surface area contributed by atoms with Crippen LogP contribution in [0.1, 0.15) is 104 Å². The Bertz CT molecular complexity index is 2970. The fourth-order valence-electron chi connectivity index (χ4n) is 8.99. The van der Waals surface area contributed by atoms with Crippen molar-refractivity contribution in [3.05, 3.63) is 187 Å². The minimum Gasteiger partial charge on any atom is -0.494 e. The Balaban J connectivity index is 0.903. The molecule has 0 spiro atoms. The van der Waals surface area contributed by atoms with Gasteiger partial charge in [-0.1, -0.05) is 162 Å². The summed E-state index contributed by atoms with van der Waals surface area (Å²) in [5, 5.41) is 6.45. The summed E-state index contributed by atoms with van der Waals surface area (Å²) in [6, 6.07) is 51.6. The zero-order chi connectivity index (χ0) is 47.8. The van der Waals surface area contributed by atoms with Gasteiger partial charge < -0.3 is 18.9 Å². The van der Waals surface area contributed by atoms with E-state index >= 15 is 0 Å². The van der Waals surface area contributed by atoms with Crippen LogP contribution in [0.25, 0.3) is 54.6 Å². The Morgan fingerprint density at radius 1 is 0.464 bits per heavy atom. The first kappa shape index (κ1) is 48.0. The number of carbonyl (C=O) groups excluding carboxylic acids is 3. The smallest absolute Gasteiger partial charge is 0.343 e. The number of ether oxygens (including phenoxy) is 4. The van der Waals surface area contributed by atoms with E-state index < -0.39 is 11.9 Å². The van der Waals surface area contributed by atoms with Crippen molar-refractivity contribution in [1.29, 1.82) is 0 Å². The normalized spacial score (nSPS) is 11.1. The lowest BCUT2D eigenvalue weighted by molar-refractivity contribution is -0.137. The van der Waals surface area contributed by atoms with Crippen LogP contribution in [0, 0.1) is 0 Å². The minimum atomic E-state index is -0.424. The standard InChI is InChI=1S/C62H60O7/c1-3-5-6-10-17-40-66-51-34-32-47(33-35-51)61(64)68-52-36-28-45(29-37-52)59-54-20-13-15-22-56(54)60(57-23-16-14-21-55(57)59)46-30-38-53(39-31-46)69-62(65)50-27-26-48-42-44(24-25-49(48)43-50)19-12-9-7-8-11-18-41-67-58(63)4-2/h4,13-16,20-39,42-43H,2-3,5-12,17-19,40-41H2,1H3. The molecule has 8 rings (SSSR count). The Labute approximate surface area is 405 Å². The number of esters is 3. The molecular weight excluding hydrogens is 857 g/mol. The van der Waals surface area contributed by atoms with Gasteiger partial charge in [-0.25, -0.2) is 14.4 Å². The number of aryl methyl sites for hydroxylation is 1. The minimum absolute atomic E-state index is 0.358. The van der Waals surface area contributed by atoms with Crippen molar-refractivity contribution in [2.75, 3.05) is 13.2 Å². The van der Waals surface area contributed by atoms with Crippen LogP contribution in [-0.4, -0.2) is 31.1 Å². The molecular formula is C62H60O7. The zero-order valence-corrected chi connectivity index (χ0v) is 39.6. The Hall–Kier alpha value is -7.51. The molecule has 0 amide bonds. The maximum Gasteiger partial charge on any atom is 0.343 e. The van der Waals surface area contributed by atoms with Gasteiger partial charge in [0.25, 0.3) is 0 Å². The van der Waals surface area contributed by atoms with E-state index in [1.807, 2.05) is 78.9 Å². The quantitative estimate of drug-likeness (QED) is 0.0208. The molecule has 0 aliphatic heterocycles. The summed E-state index contributed by atoms with van der Waals surface area (Å²) in [6.07, 6.45) is 14.6. The highest BCUT2D eigenvalue weighted by Crippen LogP contribution is 2.44. The number of fused-ring (bicyclic) bond motifs is 3. The largest absolute Gasteiger partial charge is 0.494 e. The second-order valence-electron chi connectivity index (χ2n) is 17.6. The molecule has 0 atom stereocenters. The van der Waals surface area contributed by atoms with Crippen LogP contribution in [0.5, 0.6) is 17.2 Å². The van der Waals surface area contributed by atoms with Gasteiger partial charge in [-0.05, 0) is 146 Å². The molecule has 0 saturated heterocycles. The highest BCUT2D eigenvalue weighted by atomic mass is 16.5. The molecule has 0 fully saturated rings. The molecule has 8 aromatic rings. The summed E-state index contributed by atoms with van der Waals surface area (Å²) >= 11 is 0. The van der Waals surface area contributed by atoms with E-state index in [0.717, 1.165) is 118 Å². The van der Waals surface area contributed by atoms with Crippen molar-refractivity contribution >= 4 is 50.2 Å². The van der Waals surface area contributed by atoms with Crippen molar-refractivity contribution in [2.45, 2.75) is 84.0 Å².